The molecule has 0 bridgehead atoms. The first kappa shape index (κ1) is 19.0. The quantitative estimate of drug-likeness (QED) is 0.676. The second-order valence-electron chi connectivity index (χ2n) is 7.23. The summed E-state index contributed by atoms with van der Waals surface area (Å²) in [5.41, 5.74) is 2.12. The van der Waals surface area contributed by atoms with Gasteiger partial charge >= 0.3 is 0 Å². The highest BCUT2D eigenvalue weighted by atomic mass is 19.1. The van der Waals surface area contributed by atoms with Crippen LogP contribution in [0.25, 0.3) is 0 Å². The van der Waals surface area contributed by atoms with Crippen LogP contribution in [0.5, 0.6) is 11.6 Å². The van der Waals surface area contributed by atoms with Crippen LogP contribution in [-0.2, 0) is 7.05 Å². The molecule has 1 aliphatic rings. The number of halogens is 1. The lowest BCUT2D eigenvalue weighted by atomic mass is 9.94. The molecule has 1 atom stereocenters. The van der Waals surface area contributed by atoms with Crippen LogP contribution in [-0.4, -0.2) is 43.6 Å². The third-order valence-electron chi connectivity index (χ3n) is 5.02. The Morgan fingerprint density at radius 1 is 1.31 bits per heavy atom. The molecular formula is C21H22FN5O2. The van der Waals surface area contributed by atoms with Crippen molar-refractivity contribution >= 4 is 5.91 Å². The van der Waals surface area contributed by atoms with Crippen LogP contribution < -0.4 is 4.74 Å². The van der Waals surface area contributed by atoms with E-state index in [0.29, 0.717) is 30.3 Å². The molecule has 4 rings (SSSR count). The average molecular weight is 395 g/mol. The van der Waals surface area contributed by atoms with Crippen molar-refractivity contribution in [3.63, 3.8) is 0 Å². The van der Waals surface area contributed by atoms with Gasteiger partial charge in [0.15, 0.2) is 0 Å². The maximum atomic E-state index is 13.4. The minimum absolute atomic E-state index is 0.0135. The number of likely N-dealkylation sites (tertiary alicyclic amines) is 1. The van der Waals surface area contributed by atoms with Gasteiger partial charge in [-0.05, 0) is 31.9 Å². The summed E-state index contributed by atoms with van der Waals surface area (Å²) < 4.78 is 20.7. The van der Waals surface area contributed by atoms with Crippen molar-refractivity contribution in [2.45, 2.75) is 25.7 Å². The van der Waals surface area contributed by atoms with Gasteiger partial charge in [-0.15, -0.1) is 0 Å². The van der Waals surface area contributed by atoms with E-state index < -0.39 is 0 Å². The Kier molecular flexibility index (Phi) is 5.24. The van der Waals surface area contributed by atoms with Crippen molar-refractivity contribution in [2.24, 2.45) is 7.05 Å². The number of carbonyl (C=O) groups excluding carboxylic acids is 1. The summed E-state index contributed by atoms with van der Waals surface area (Å²) in [6.45, 7) is 3.11. The molecule has 1 amide bonds. The number of piperidine rings is 1. The number of aryl methyl sites for hydroxylation is 2. The van der Waals surface area contributed by atoms with E-state index in [-0.39, 0.29) is 17.6 Å². The fourth-order valence-electron chi connectivity index (χ4n) is 3.64. The number of ether oxygens (including phenoxy) is 1. The molecule has 150 valence electrons. The van der Waals surface area contributed by atoms with Crippen LogP contribution in [0.15, 0.2) is 42.9 Å². The molecule has 0 aliphatic carbocycles. The molecule has 1 aromatic carbocycles. The summed E-state index contributed by atoms with van der Waals surface area (Å²) >= 11 is 0. The normalized spacial score (nSPS) is 16.7. The van der Waals surface area contributed by atoms with Crippen molar-refractivity contribution in [3.05, 3.63) is 65.6 Å². The molecule has 1 fully saturated rings. The average Bonchev–Trinajstić information content (AvgIpc) is 3.06. The molecule has 2 aromatic heterocycles. The highest BCUT2D eigenvalue weighted by molar-refractivity contribution is 5.95. The van der Waals surface area contributed by atoms with Gasteiger partial charge in [0.1, 0.15) is 11.6 Å². The second kappa shape index (κ2) is 7.98. The first-order valence-corrected chi connectivity index (χ1v) is 9.54. The number of carbonyl (C=O) groups is 1. The smallest absolute Gasteiger partial charge is 0.257 e. The van der Waals surface area contributed by atoms with Crippen molar-refractivity contribution in [2.75, 3.05) is 13.1 Å². The van der Waals surface area contributed by atoms with Crippen molar-refractivity contribution < 1.29 is 13.9 Å². The van der Waals surface area contributed by atoms with Crippen LogP contribution in [0.3, 0.4) is 0 Å². The lowest BCUT2D eigenvalue weighted by Gasteiger charge is -2.32. The molecule has 3 aromatic rings. The molecular weight excluding hydrogens is 373 g/mol. The maximum Gasteiger partial charge on any atom is 0.257 e. The molecule has 0 radical (unpaired) electrons. The van der Waals surface area contributed by atoms with Gasteiger partial charge in [-0.2, -0.15) is 5.10 Å². The van der Waals surface area contributed by atoms with E-state index in [0.717, 1.165) is 24.2 Å². The fraction of sp³-hybridized carbons (Fsp3) is 0.333. The number of hydrogen-bond donors (Lipinski definition) is 0. The lowest BCUT2D eigenvalue weighted by Crippen LogP contribution is -2.39. The van der Waals surface area contributed by atoms with E-state index in [9.17, 15) is 9.18 Å². The standard InChI is InChI=1S/C21H22FN5O2/c1-14-18(13-26(2)25-14)21(28)27-8-4-5-15(12-27)19-10-23-11-20(24-19)29-17-7-3-6-16(22)9-17/h3,6-7,9-11,13,15H,4-5,8,12H2,1-2H3/t15-/m0/s1. The highest BCUT2D eigenvalue weighted by Gasteiger charge is 2.28. The Balaban J connectivity index is 1.49. The van der Waals surface area contributed by atoms with Crippen LogP contribution in [0.1, 0.15) is 40.5 Å². The Bertz CT molecular complexity index is 1040. The molecule has 0 saturated carbocycles. The highest BCUT2D eigenvalue weighted by Crippen LogP contribution is 2.28. The summed E-state index contributed by atoms with van der Waals surface area (Å²) in [6, 6.07) is 5.89. The van der Waals surface area contributed by atoms with E-state index in [1.807, 2.05) is 18.9 Å². The van der Waals surface area contributed by atoms with Crippen LogP contribution in [0, 0.1) is 12.7 Å². The summed E-state index contributed by atoms with van der Waals surface area (Å²) in [4.78, 5) is 23.5. The number of benzene rings is 1. The van der Waals surface area contributed by atoms with Gasteiger partial charge in [-0.3, -0.25) is 14.5 Å². The van der Waals surface area contributed by atoms with Crippen LogP contribution in [0.4, 0.5) is 4.39 Å². The number of hydrogen-bond acceptors (Lipinski definition) is 5. The topological polar surface area (TPSA) is 73.1 Å². The number of amides is 1. The second-order valence-corrected chi connectivity index (χ2v) is 7.23. The Labute approximate surface area is 168 Å². The molecule has 1 aliphatic heterocycles. The molecule has 1 saturated heterocycles. The SMILES string of the molecule is Cc1nn(C)cc1C(=O)N1CCC[C@H](c2cncc(Oc3cccc(F)c3)n2)C1. The number of aromatic nitrogens is 4. The lowest BCUT2D eigenvalue weighted by molar-refractivity contribution is 0.0705. The summed E-state index contributed by atoms with van der Waals surface area (Å²) in [5, 5.41) is 4.27. The minimum Gasteiger partial charge on any atom is -0.437 e. The molecule has 3 heterocycles. The van der Waals surface area contributed by atoms with E-state index in [2.05, 4.69) is 15.1 Å². The maximum absolute atomic E-state index is 13.4. The fourth-order valence-corrected chi connectivity index (χ4v) is 3.64. The van der Waals surface area contributed by atoms with Gasteiger partial charge in [0.2, 0.25) is 5.88 Å². The first-order valence-electron chi connectivity index (χ1n) is 9.54. The largest absolute Gasteiger partial charge is 0.437 e. The Morgan fingerprint density at radius 3 is 2.93 bits per heavy atom. The molecule has 29 heavy (non-hydrogen) atoms. The Morgan fingerprint density at radius 2 is 2.17 bits per heavy atom. The van der Waals surface area contributed by atoms with Crippen LogP contribution >= 0.6 is 0 Å². The molecule has 0 N–H and O–H groups in total. The van der Waals surface area contributed by atoms with Crippen molar-refractivity contribution in [1.82, 2.24) is 24.6 Å². The van der Waals surface area contributed by atoms with Gasteiger partial charge < -0.3 is 9.64 Å². The number of rotatable bonds is 4. The van der Waals surface area contributed by atoms with Crippen molar-refractivity contribution in [3.8, 4) is 11.6 Å². The van der Waals surface area contributed by atoms with Crippen LogP contribution in [0.2, 0.25) is 0 Å². The summed E-state index contributed by atoms with van der Waals surface area (Å²) in [7, 11) is 1.81. The predicted octanol–water partition coefficient (Wildman–Crippen LogP) is 3.47. The summed E-state index contributed by atoms with van der Waals surface area (Å²) in [5.74, 6) is 0.344. The van der Waals surface area contributed by atoms with E-state index in [1.165, 1.54) is 18.3 Å². The number of nitrogens with zero attached hydrogens (tertiary/aromatic N) is 5. The third kappa shape index (κ3) is 4.26. The molecule has 0 spiro atoms. The van der Waals surface area contributed by atoms with E-state index in [4.69, 9.17) is 4.74 Å². The Hall–Kier alpha value is -3.29. The minimum atomic E-state index is -0.376. The third-order valence-corrected chi connectivity index (χ3v) is 5.02. The first-order chi connectivity index (χ1) is 14.0. The van der Waals surface area contributed by atoms with Gasteiger partial charge in [0.05, 0.1) is 23.1 Å². The monoisotopic (exact) mass is 395 g/mol. The zero-order valence-corrected chi connectivity index (χ0v) is 16.4. The van der Waals surface area contributed by atoms with E-state index >= 15 is 0 Å². The van der Waals surface area contributed by atoms with Gasteiger partial charge in [0.25, 0.3) is 5.91 Å². The molecule has 0 unspecified atom stereocenters. The van der Waals surface area contributed by atoms with Gasteiger partial charge in [-0.25, -0.2) is 9.37 Å². The van der Waals surface area contributed by atoms with Gasteiger partial charge in [-0.1, -0.05) is 6.07 Å². The van der Waals surface area contributed by atoms with Gasteiger partial charge in [0, 0.05) is 44.5 Å². The zero-order chi connectivity index (χ0) is 20.4. The predicted molar refractivity (Wildman–Crippen MR) is 104 cm³/mol. The molecule has 8 heteroatoms. The summed E-state index contributed by atoms with van der Waals surface area (Å²) in [6.07, 6.45) is 6.75. The van der Waals surface area contributed by atoms with E-state index in [1.54, 1.807) is 29.2 Å². The van der Waals surface area contributed by atoms with Crippen molar-refractivity contribution in [1.29, 1.82) is 0 Å². The molecule has 7 nitrogen and oxygen atoms in total. The zero-order valence-electron chi connectivity index (χ0n) is 16.4.